The second-order valence-electron chi connectivity index (χ2n) is 10.8. The number of urea groups is 1. The van der Waals surface area contributed by atoms with Gasteiger partial charge in [0.05, 0.1) is 18.0 Å². The molecule has 5 rings (SSSR count). The van der Waals surface area contributed by atoms with E-state index in [1.807, 2.05) is 13.8 Å². The molecule has 0 radical (unpaired) electrons. The third kappa shape index (κ3) is 5.69. The number of carbonyl (C=O) groups excluding carboxylic acids is 2. The minimum Gasteiger partial charge on any atom is -0.497 e. The quantitative estimate of drug-likeness (QED) is 0.482. The van der Waals surface area contributed by atoms with Crippen molar-refractivity contribution < 1.29 is 14.3 Å². The Hall–Kier alpha value is -4.08. The summed E-state index contributed by atoms with van der Waals surface area (Å²) in [5.41, 5.74) is 0.927. The summed E-state index contributed by atoms with van der Waals surface area (Å²) in [6.45, 7) is 5.19. The predicted octanol–water partition coefficient (Wildman–Crippen LogP) is 3.59. The standard InChI is InChI=1S/C29H35N5O5/c1-18(2)34-25-12-11-21(15-24(25)27(36)33(29(34)38)16-19-9-10-19)31-28(37)32-13-5-7-22(17-32)30-26(35)20-6-4-8-23(14-20)39-3/h4,6,8,11-12,14-15,18-19,22H,5,7,9-10,13,16-17H2,1-3H3,(H,30,35)(H,31,37)/t22-/m1/s1. The molecule has 1 saturated carbocycles. The minimum absolute atomic E-state index is 0.121. The van der Waals surface area contributed by atoms with E-state index in [-0.39, 0.29) is 35.3 Å². The number of methoxy groups -OCH3 is 1. The molecule has 1 aliphatic carbocycles. The molecule has 3 amide bonds. The van der Waals surface area contributed by atoms with Crippen LogP contribution in [0.1, 0.15) is 55.9 Å². The van der Waals surface area contributed by atoms with Gasteiger partial charge in [0.2, 0.25) is 0 Å². The number of rotatable bonds is 7. The number of nitrogens with one attached hydrogen (secondary N) is 2. The first kappa shape index (κ1) is 26.5. The number of hydrogen-bond acceptors (Lipinski definition) is 5. The molecule has 2 aliphatic rings. The van der Waals surface area contributed by atoms with Crippen LogP contribution in [-0.4, -0.2) is 52.2 Å². The summed E-state index contributed by atoms with van der Waals surface area (Å²) in [7, 11) is 1.55. The molecule has 1 saturated heterocycles. The maximum Gasteiger partial charge on any atom is 0.331 e. The van der Waals surface area contributed by atoms with E-state index in [9.17, 15) is 19.2 Å². The Morgan fingerprint density at radius 3 is 2.59 bits per heavy atom. The van der Waals surface area contributed by atoms with Crippen molar-refractivity contribution in [3.63, 3.8) is 0 Å². The van der Waals surface area contributed by atoms with Crippen LogP contribution < -0.4 is 26.6 Å². The van der Waals surface area contributed by atoms with Crippen molar-refractivity contribution >= 4 is 28.5 Å². The molecule has 2 aromatic carbocycles. The zero-order valence-corrected chi connectivity index (χ0v) is 22.6. The van der Waals surface area contributed by atoms with E-state index < -0.39 is 0 Å². The first-order valence-corrected chi connectivity index (χ1v) is 13.5. The highest BCUT2D eigenvalue weighted by atomic mass is 16.5. The van der Waals surface area contributed by atoms with Crippen molar-refractivity contribution in [2.24, 2.45) is 5.92 Å². The number of likely N-dealkylation sites (tertiary alicyclic amines) is 1. The fourth-order valence-electron chi connectivity index (χ4n) is 5.19. The second-order valence-corrected chi connectivity index (χ2v) is 10.8. The predicted molar refractivity (Wildman–Crippen MR) is 150 cm³/mol. The largest absolute Gasteiger partial charge is 0.497 e. The Morgan fingerprint density at radius 1 is 1.08 bits per heavy atom. The Morgan fingerprint density at radius 2 is 1.87 bits per heavy atom. The van der Waals surface area contributed by atoms with Crippen LogP contribution in [0.2, 0.25) is 0 Å². The Balaban J connectivity index is 1.32. The Bertz CT molecular complexity index is 1520. The van der Waals surface area contributed by atoms with Gasteiger partial charge in [0.25, 0.3) is 11.5 Å². The van der Waals surface area contributed by atoms with Crippen LogP contribution >= 0.6 is 0 Å². The third-order valence-corrected chi connectivity index (χ3v) is 7.45. The number of benzene rings is 2. The molecule has 0 spiro atoms. The number of piperidine rings is 1. The van der Waals surface area contributed by atoms with E-state index in [0.29, 0.717) is 53.5 Å². The molecule has 3 aromatic rings. The lowest BCUT2D eigenvalue weighted by Crippen LogP contribution is -2.50. The molecule has 2 fully saturated rings. The molecule has 10 nitrogen and oxygen atoms in total. The van der Waals surface area contributed by atoms with Crippen LogP contribution in [-0.2, 0) is 6.54 Å². The van der Waals surface area contributed by atoms with Crippen molar-refractivity contribution in [3.05, 3.63) is 68.9 Å². The van der Waals surface area contributed by atoms with Crippen LogP contribution in [0.15, 0.2) is 52.1 Å². The van der Waals surface area contributed by atoms with Crippen LogP contribution in [0.5, 0.6) is 5.75 Å². The molecule has 2 N–H and O–H groups in total. The van der Waals surface area contributed by atoms with Crippen molar-refractivity contribution in [2.45, 2.75) is 58.2 Å². The maximum atomic E-state index is 13.3. The van der Waals surface area contributed by atoms with Gasteiger partial charge in [-0.25, -0.2) is 9.59 Å². The highest BCUT2D eigenvalue weighted by Crippen LogP contribution is 2.30. The fraction of sp³-hybridized carbons (Fsp3) is 0.448. The van der Waals surface area contributed by atoms with Gasteiger partial charge in [-0.15, -0.1) is 0 Å². The van der Waals surface area contributed by atoms with Crippen LogP contribution in [0.4, 0.5) is 10.5 Å². The van der Waals surface area contributed by atoms with E-state index >= 15 is 0 Å². The number of amides is 3. The van der Waals surface area contributed by atoms with Crippen LogP contribution in [0, 0.1) is 5.92 Å². The topological polar surface area (TPSA) is 115 Å². The number of aromatic nitrogens is 2. The van der Waals surface area contributed by atoms with Gasteiger partial charge in [0.15, 0.2) is 0 Å². The van der Waals surface area contributed by atoms with Crippen molar-refractivity contribution in [2.75, 3.05) is 25.5 Å². The highest BCUT2D eigenvalue weighted by Gasteiger charge is 2.27. The normalized spacial score (nSPS) is 17.3. The molecule has 39 heavy (non-hydrogen) atoms. The van der Waals surface area contributed by atoms with Crippen molar-refractivity contribution in [1.82, 2.24) is 19.4 Å². The van der Waals surface area contributed by atoms with Gasteiger partial charge < -0.3 is 20.3 Å². The SMILES string of the molecule is COc1cccc(C(=O)N[C@@H]2CCCN(C(=O)Nc3ccc4c(c3)c(=O)n(CC3CC3)c(=O)n4C(C)C)C2)c1. The number of fused-ring (bicyclic) bond motifs is 1. The first-order chi connectivity index (χ1) is 18.7. The summed E-state index contributed by atoms with van der Waals surface area (Å²) in [6.07, 6.45) is 3.57. The van der Waals surface area contributed by atoms with E-state index in [1.165, 1.54) is 4.57 Å². The molecule has 0 unspecified atom stereocenters. The first-order valence-electron chi connectivity index (χ1n) is 13.5. The molecule has 1 aliphatic heterocycles. The summed E-state index contributed by atoms with van der Waals surface area (Å²) >= 11 is 0. The number of carbonyl (C=O) groups is 2. The van der Waals surface area contributed by atoms with Gasteiger partial charge in [-0.05, 0) is 81.8 Å². The average Bonchev–Trinajstić information content (AvgIpc) is 3.75. The Kier molecular flexibility index (Phi) is 7.45. The molecule has 10 heteroatoms. The molecule has 1 aromatic heterocycles. The minimum atomic E-state index is -0.326. The molecular formula is C29H35N5O5. The number of hydrogen-bond donors (Lipinski definition) is 2. The smallest absolute Gasteiger partial charge is 0.331 e. The molecule has 0 bridgehead atoms. The number of ether oxygens (including phenoxy) is 1. The lowest BCUT2D eigenvalue weighted by atomic mass is 10.1. The lowest BCUT2D eigenvalue weighted by molar-refractivity contribution is 0.0912. The van der Waals surface area contributed by atoms with Gasteiger partial charge in [-0.2, -0.15) is 0 Å². The van der Waals surface area contributed by atoms with Gasteiger partial charge >= 0.3 is 11.7 Å². The molecule has 206 valence electrons. The maximum absolute atomic E-state index is 13.3. The summed E-state index contributed by atoms with van der Waals surface area (Å²) in [6, 6.07) is 11.4. The number of anilines is 1. The van der Waals surface area contributed by atoms with Crippen LogP contribution in [0.25, 0.3) is 10.9 Å². The summed E-state index contributed by atoms with van der Waals surface area (Å²) < 4.78 is 8.19. The van der Waals surface area contributed by atoms with E-state index in [2.05, 4.69) is 10.6 Å². The van der Waals surface area contributed by atoms with Crippen molar-refractivity contribution in [1.29, 1.82) is 0 Å². The zero-order chi connectivity index (χ0) is 27.7. The number of nitrogens with zero attached hydrogens (tertiary/aromatic N) is 3. The van der Waals surface area contributed by atoms with Gasteiger partial charge in [0.1, 0.15) is 5.75 Å². The van der Waals surface area contributed by atoms with Gasteiger partial charge in [0, 0.05) is 43.0 Å². The van der Waals surface area contributed by atoms with Crippen molar-refractivity contribution in [3.8, 4) is 5.75 Å². The third-order valence-electron chi connectivity index (χ3n) is 7.45. The van der Waals surface area contributed by atoms with E-state index in [4.69, 9.17) is 4.74 Å². The lowest BCUT2D eigenvalue weighted by Gasteiger charge is -2.33. The van der Waals surface area contributed by atoms with E-state index in [0.717, 1.165) is 25.7 Å². The fourth-order valence-corrected chi connectivity index (χ4v) is 5.19. The average molecular weight is 534 g/mol. The Labute approximate surface area is 226 Å². The summed E-state index contributed by atoms with van der Waals surface area (Å²) in [5.74, 6) is 0.759. The van der Waals surface area contributed by atoms with Crippen LogP contribution in [0.3, 0.4) is 0 Å². The summed E-state index contributed by atoms with van der Waals surface area (Å²) in [4.78, 5) is 54.0. The monoisotopic (exact) mass is 533 g/mol. The van der Waals surface area contributed by atoms with Gasteiger partial charge in [-0.3, -0.25) is 18.7 Å². The van der Waals surface area contributed by atoms with Gasteiger partial charge in [-0.1, -0.05) is 6.07 Å². The summed E-state index contributed by atoms with van der Waals surface area (Å²) in [5, 5.41) is 6.34. The van der Waals surface area contributed by atoms with E-state index in [1.54, 1.807) is 59.0 Å². The second kappa shape index (κ2) is 11.0. The molecular weight excluding hydrogens is 498 g/mol. The molecule has 1 atom stereocenters. The highest BCUT2D eigenvalue weighted by molar-refractivity contribution is 5.95. The molecule has 2 heterocycles. The zero-order valence-electron chi connectivity index (χ0n) is 22.6.